The van der Waals surface area contributed by atoms with Crippen LogP contribution in [0.4, 0.5) is 13.2 Å². The van der Waals surface area contributed by atoms with Crippen LogP contribution in [0.3, 0.4) is 0 Å². The van der Waals surface area contributed by atoms with Crippen molar-refractivity contribution in [2.75, 3.05) is 26.7 Å². The van der Waals surface area contributed by atoms with Crippen LogP contribution in [-0.4, -0.2) is 68.8 Å². The predicted molar refractivity (Wildman–Crippen MR) is 150 cm³/mol. The first-order chi connectivity index (χ1) is 19.5. The fraction of sp³-hybridized carbons (Fsp3) is 0.483. The predicted octanol–water partition coefficient (Wildman–Crippen LogP) is 4.19. The Hall–Kier alpha value is -2.93. The number of fused-ring (bicyclic) bond motifs is 1. The van der Waals surface area contributed by atoms with Gasteiger partial charge in [0, 0.05) is 62.3 Å². The van der Waals surface area contributed by atoms with Gasteiger partial charge in [-0.2, -0.15) is 13.2 Å². The van der Waals surface area contributed by atoms with Gasteiger partial charge in [-0.15, -0.1) is 0 Å². The number of amides is 1. The van der Waals surface area contributed by atoms with Crippen molar-refractivity contribution in [3.05, 3.63) is 54.1 Å². The molecule has 1 amide bonds. The Morgan fingerprint density at radius 3 is 2.44 bits per heavy atom. The summed E-state index contributed by atoms with van der Waals surface area (Å²) >= 11 is 0. The lowest BCUT2D eigenvalue weighted by molar-refractivity contribution is -0.169. The summed E-state index contributed by atoms with van der Waals surface area (Å²) in [6, 6.07) is 13.0. The Balaban J connectivity index is 1.23. The van der Waals surface area contributed by atoms with Crippen molar-refractivity contribution in [3.8, 4) is 11.3 Å². The number of halogens is 3. The molecule has 3 aromatic rings. The second-order valence-electron chi connectivity index (χ2n) is 10.9. The van der Waals surface area contributed by atoms with E-state index in [-0.39, 0.29) is 29.9 Å². The highest BCUT2D eigenvalue weighted by atomic mass is 32.2. The third kappa shape index (κ3) is 6.45. The number of nitrogens with one attached hydrogen (secondary N) is 2. The van der Waals surface area contributed by atoms with Crippen molar-refractivity contribution in [3.63, 3.8) is 0 Å². The molecule has 1 aliphatic heterocycles. The summed E-state index contributed by atoms with van der Waals surface area (Å²) in [6.45, 7) is 0.469. The zero-order chi connectivity index (χ0) is 29.4. The lowest BCUT2D eigenvalue weighted by atomic mass is 9.85. The van der Waals surface area contributed by atoms with Gasteiger partial charge in [-0.3, -0.25) is 4.79 Å². The van der Waals surface area contributed by atoms with Gasteiger partial charge in [-0.05, 0) is 55.0 Å². The molecule has 222 valence electrons. The Bertz CT molecular complexity index is 1500. The van der Waals surface area contributed by atoms with Gasteiger partial charge in [0.1, 0.15) is 6.04 Å². The van der Waals surface area contributed by atoms with Crippen molar-refractivity contribution >= 4 is 26.8 Å². The van der Waals surface area contributed by atoms with Crippen LogP contribution < -0.4 is 10.0 Å². The van der Waals surface area contributed by atoms with Crippen LogP contribution in [0.2, 0.25) is 0 Å². The Morgan fingerprint density at radius 1 is 1.07 bits per heavy atom. The molecule has 1 saturated heterocycles. The summed E-state index contributed by atoms with van der Waals surface area (Å²) in [6.07, 6.45) is -2.67. The number of carbonyl (C=O) groups is 1. The number of aryl methyl sites for hydroxylation is 1. The number of hydrogen-bond acceptors (Lipinski definition) is 5. The van der Waals surface area contributed by atoms with E-state index in [1.165, 1.54) is 4.90 Å². The average Bonchev–Trinajstić information content (AvgIpc) is 3.29. The quantitative estimate of drug-likeness (QED) is 0.429. The monoisotopic (exact) mass is 592 g/mol. The molecule has 5 rings (SSSR count). The molecule has 2 N–H and O–H groups in total. The summed E-state index contributed by atoms with van der Waals surface area (Å²) in [4.78, 5) is 14.4. The first-order valence-corrected chi connectivity index (χ1v) is 15.2. The molecule has 2 aliphatic rings. The Labute approximate surface area is 237 Å². The van der Waals surface area contributed by atoms with Gasteiger partial charge in [0.25, 0.3) is 0 Å². The van der Waals surface area contributed by atoms with Gasteiger partial charge in [0.2, 0.25) is 15.9 Å². The number of hydrogen-bond donors (Lipinski definition) is 2. The SMILES string of the molecule is COCc1ccc(-c2cc3ccc(S(=O)(=O)N[C@H]4CC[C@H](C(=O)N5CCNC(C(F)(F)F)C5)CC4)cc3n2C)cc1. The summed E-state index contributed by atoms with van der Waals surface area (Å²) in [5, 5.41) is 3.34. The number of sulfonamides is 1. The van der Waals surface area contributed by atoms with Crippen LogP contribution in [0.1, 0.15) is 31.2 Å². The van der Waals surface area contributed by atoms with Crippen molar-refractivity contribution in [1.29, 1.82) is 0 Å². The van der Waals surface area contributed by atoms with E-state index in [9.17, 15) is 26.4 Å². The second kappa shape index (κ2) is 11.7. The van der Waals surface area contributed by atoms with E-state index >= 15 is 0 Å². The van der Waals surface area contributed by atoms with E-state index in [0.29, 0.717) is 32.3 Å². The largest absolute Gasteiger partial charge is 0.405 e. The molecule has 2 aromatic carbocycles. The number of piperazine rings is 1. The van der Waals surface area contributed by atoms with E-state index in [0.717, 1.165) is 27.7 Å². The van der Waals surface area contributed by atoms with Gasteiger partial charge >= 0.3 is 6.18 Å². The highest BCUT2D eigenvalue weighted by molar-refractivity contribution is 7.89. The van der Waals surface area contributed by atoms with E-state index < -0.39 is 34.7 Å². The van der Waals surface area contributed by atoms with Crippen LogP contribution in [-0.2, 0) is 33.2 Å². The molecule has 41 heavy (non-hydrogen) atoms. The molecule has 2 heterocycles. The summed E-state index contributed by atoms with van der Waals surface area (Å²) in [5.74, 6) is -0.676. The number of aromatic nitrogens is 1. The third-order valence-electron chi connectivity index (χ3n) is 8.17. The Kier molecular flexibility index (Phi) is 8.47. The van der Waals surface area contributed by atoms with Gasteiger partial charge in [0.15, 0.2) is 0 Å². The maximum atomic E-state index is 13.3. The van der Waals surface area contributed by atoms with Gasteiger partial charge in [-0.25, -0.2) is 13.1 Å². The van der Waals surface area contributed by atoms with E-state index in [1.54, 1.807) is 25.3 Å². The summed E-state index contributed by atoms with van der Waals surface area (Å²) in [7, 11) is -0.272. The molecule has 1 aromatic heterocycles. The molecule has 12 heteroatoms. The van der Waals surface area contributed by atoms with Crippen molar-refractivity contribution < 1.29 is 31.1 Å². The van der Waals surface area contributed by atoms with Crippen molar-refractivity contribution in [2.45, 2.75) is 55.4 Å². The molecule has 1 aliphatic carbocycles. The molecule has 1 atom stereocenters. The first-order valence-electron chi connectivity index (χ1n) is 13.7. The standard InChI is InChI=1S/C29H35F3N4O4S/c1-35-25(20-5-3-19(4-6-20)18-40-2)15-22-9-12-24(16-26(22)35)41(38,39)34-23-10-7-21(8-11-23)28(37)36-14-13-33-27(17-36)29(30,31)32/h3-6,9,12,15-16,21,23,27,33-34H,7-8,10-11,13-14,17-18H2,1-2H3/t21-,23-,27?. The lowest BCUT2D eigenvalue weighted by Crippen LogP contribution is -2.59. The second-order valence-corrected chi connectivity index (χ2v) is 12.7. The minimum Gasteiger partial charge on any atom is -0.380 e. The zero-order valence-electron chi connectivity index (χ0n) is 23.1. The lowest BCUT2D eigenvalue weighted by Gasteiger charge is -2.38. The molecule has 8 nitrogen and oxygen atoms in total. The van der Waals surface area contributed by atoms with Crippen LogP contribution in [0.25, 0.3) is 22.2 Å². The number of ether oxygens (including phenoxy) is 1. The molecule has 0 radical (unpaired) electrons. The number of nitrogens with zero attached hydrogens (tertiary/aromatic N) is 2. The minimum atomic E-state index is -4.41. The van der Waals surface area contributed by atoms with E-state index in [1.807, 2.05) is 41.9 Å². The molecule has 0 bridgehead atoms. The number of carbonyl (C=O) groups excluding carboxylic acids is 1. The van der Waals surface area contributed by atoms with Gasteiger partial charge < -0.3 is 19.5 Å². The summed E-state index contributed by atoms with van der Waals surface area (Å²) < 4.78 is 75.9. The maximum Gasteiger partial charge on any atom is 0.405 e. The first kappa shape index (κ1) is 29.6. The number of alkyl halides is 3. The van der Waals surface area contributed by atoms with Crippen molar-refractivity contribution in [1.82, 2.24) is 19.5 Å². The summed E-state index contributed by atoms with van der Waals surface area (Å²) in [5.41, 5.74) is 3.81. The normalized spacial score (nSPS) is 22.3. The average molecular weight is 593 g/mol. The Morgan fingerprint density at radius 2 is 1.78 bits per heavy atom. The maximum absolute atomic E-state index is 13.3. The minimum absolute atomic E-state index is 0.0959. The highest BCUT2D eigenvalue weighted by Crippen LogP contribution is 2.31. The van der Waals surface area contributed by atoms with Crippen molar-refractivity contribution in [2.24, 2.45) is 13.0 Å². The molecular weight excluding hydrogens is 557 g/mol. The molecular formula is C29H35F3N4O4S. The molecule has 1 saturated carbocycles. The van der Waals surface area contributed by atoms with Crippen LogP contribution in [0.15, 0.2) is 53.4 Å². The van der Waals surface area contributed by atoms with Gasteiger partial charge in [0.05, 0.1) is 11.5 Å². The topological polar surface area (TPSA) is 92.7 Å². The highest BCUT2D eigenvalue weighted by Gasteiger charge is 2.43. The third-order valence-corrected chi connectivity index (χ3v) is 9.69. The van der Waals surface area contributed by atoms with Gasteiger partial charge in [-0.1, -0.05) is 30.3 Å². The number of methoxy groups -OCH3 is 1. The number of rotatable bonds is 7. The zero-order valence-corrected chi connectivity index (χ0v) is 23.9. The smallest absolute Gasteiger partial charge is 0.380 e. The van der Waals surface area contributed by atoms with Crippen LogP contribution in [0.5, 0.6) is 0 Å². The van der Waals surface area contributed by atoms with Crippen LogP contribution >= 0.6 is 0 Å². The molecule has 0 spiro atoms. The van der Waals surface area contributed by atoms with Crippen LogP contribution in [0, 0.1) is 5.92 Å². The van der Waals surface area contributed by atoms with E-state index in [4.69, 9.17) is 4.74 Å². The number of benzene rings is 2. The molecule has 1 unspecified atom stereocenters. The van der Waals surface area contributed by atoms with E-state index in [2.05, 4.69) is 10.0 Å². The fourth-order valence-electron chi connectivity index (χ4n) is 5.87. The fourth-order valence-corrected chi connectivity index (χ4v) is 7.19. The molecule has 2 fully saturated rings.